The zero-order chi connectivity index (χ0) is 9.54. The summed E-state index contributed by atoms with van der Waals surface area (Å²) in [7, 11) is 0. The molecule has 0 aromatic carbocycles. The lowest BCUT2D eigenvalue weighted by molar-refractivity contribution is 0.672. The molecule has 3 nitrogen and oxygen atoms in total. The quantitative estimate of drug-likeness (QED) is 0.675. The molecule has 2 aromatic rings. The van der Waals surface area contributed by atoms with Gasteiger partial charge in [-0.3, -0.25) is 0 Å². The van der Waals surface area contributed by atoms with E-state index in [1.807, 2.05) is 0 Å². The molecule has 1 aliphatic rings. The zero-order valence-electron chi connectivity index (χ0n) is 7.68. The second-order valence-corrected chi connectivity index (χ2v) is 4.02. The highest BCUT2D eigenvalue weighted by Gasteiger charge is 2.17. The van der Waals surface area contributed by atoms with Crippen LogP contribution in [0.25, 0.3) is 11.0 Å². The van der Waals surface area contributed by atoms with Crippen LogP contribution in [0.3, 0.4) is 0 Å². The number of aryl methyl sites for hydroxylation is 2. The fourth-order valence-electron chi connectivity index (χ4n) is 2.13. The van der Waals surface area contributed by atoms with Crippen molar-refractivity contribution in [2.75, 3.05) is 0 Å². The van der Waals surface area contributed by atoms with Crippen molar-refractivity contribution in [2.45, 2.75) is 25.7 Å². The van der Waals surface area contributed by atoms with Gasteiger partial charge in [0.1, 0.15) is 5.52 Å². The summed E-state index contributed by atoms with van der Waals surface area (Å²) in [6.45, 7) is 0. The predicted octanol–water partition coefficient (Wildman–Crippen LogP) is 2.49. The Labute approximate surface area is 86.5 Å². The lowest BCUT2D eigenvalue weighted by Crippen LogP contribution is -2.06. The van der Waals surface area contributed by atoms with Crippen LogP contribution >= 0.6 is 11.6 Å². The number of halogens is 1. The molecule has 0 atom stereocenters. The average Bonchev–Trinajstić information content (AvgIpc) is 2.67. The molecule has 0 bridgehead atoms. The molecule has 0 radical (unpaired) electrons. The molecule has 1 aliphatic carbocycles. The number of fused-ring (bicyclic) bond motifs is 3. The molecule has 0 spiro atoms. The first-order valence-corrected chi connectivity index (χ1v) is 5.24. The maximum atomic E-state index is 6.04. The molecule has 14 heavy (non-hydrogen) atoms. The molecule has 0 amide bonds. The van der Waals surface area contributed by atoms with Gasteiger partial charge in [0.15, 0.2) is 5.15 Å². The van der Waals surface area contributed by atoms with Crippen molar-refractivity contribution >= 4 is 22.6 Å². The van der Waals surface area contributed by atoms with E-state index in [-0.39, 0.29) is 0 Å². The van der Waals surface area contributed by atoms with Crippen LogP contribution in [-0.2, 0) is 12.8 Å². The SMILES string of the molecule is Clc1nc2c(c3[nH]cnc13)CCCC2. The highest BCUT2D eigenvalue weighted by Crippen LogP contribution is 2.29. The molecular weight excluding hydrogens is 198 g/mol. The van der Waals surface area contributed by atoms with E-state index in [0.717, 1.165) is 29.6 Å². The summed E-state index contributed by atoms with van der Waals surface area (Å²) in [4.78, 5) is 11.7. The molecule has 0 saturated carbocycles. The van der Waals surface area contributed by atoms with Gasteiger partial charge in [0.25, 0.3) is 0 Å². The van der Waals surface area contributed by atoms with E-state index in [1.54, 1.807) is 6.33 Å². The second kappa shape index (κ2) is 2.95. The van der Waals surface area contributed by atoms with Gasteiger partial charge in [0.05, 0.1) is 11.8 Å². The van der Waals surface area contributed by atoms with Crippen molar-refractivity contribution in [3.05, 3.63) is 22.7 Å². The fraction of sp³-hybridized carbons (Fsp3) is 0.400. The molecule has 0 saturated heterocycles. The van der Waals surface area contributed by atoms with Crippen LogP contribution in [0.15, 0.2) is 6.33 Å². The maximum Gasteiger partial charge on any atom is 0.157 e. The van der Waals surface area contributed by atoms with Crippen LogP contribution in [0.5, 0.6) is 0 Å². The average molecular weight is 208 g/mol. The summed E-state index contributed by atoms with van der Waals surface area (Å²) in [6, 6.07) is 0. The Balaban J connectivity index is 2.38. The van der Waals surface area contributed by atoms with Gasteiger partial charge < -0.3 is 4.98 Å². The highest BCUT2D eigenvalue weighted by molar-refractivity contribution is 6.33. The molecule has 1 N–H and O–H groups in total. The third-order valence-electron chi connectivity index (χ3n) is 2.81. The van der Waals surface area contributed by atoms with Gasteiger partial charge in [-0.05, 0) is 31.2 Å². The third kappa shape index (κ3) is 1.05. The smallest absolute Gasteiger partial charge is 0.157 e. The van der Waals surface area contributed by atoms with Crippen molar-refractivity contribution < 1.29 is 0 Å². The first kappa shape index (κ1) is 8.24. The summed E-state index contributed by atoms with van der Waals surface area (Å²) < 4.78 is 0. The number of rotatable bonds is 0. The van der Waals surface area contributed by atoms with Crippen LogP contribution in [-0.4, -0.2) is 15.0 Å². The first-order valence-electron chi connectivity index (χ1n) is 4.86. The Hall–Kier alpha value is -1.09. The maximum absolute atomic E-state index is 6.04. The Morgan fingerprint density at radius 3 is 3.07 bits per heavy atom. The number of aromatic amines is 1. The van der Waals surface area contributed by atoms with E-state index >= 15 is 0 Å². The number of H-pyrrole nitrogens is 1. The lowest BCUT2D eigenvalue weighted by atomic mass is 9.95. The van der Waals surface area contributed by atoms with Gasteiger partial charge in [-0.2, -0.15) is 0 Å². The summed E-state index contributed by atoms with van der Waals surface area (Å²) in [5, 5.41) is 0.530. The van der Waals surface area contributed by atoms with Crippen molar-refractivity contribution in [1.29, 1.82) is 0 Å². The summed E-state index contributed by atoms with van der Waals surface area (Å²) in [5.74, 6) is 0. The van der Waals surface area contributed by atoms with Gasteiger partial charge in [-0.15, -0.1) is 0 Å². The van der Waals surface area contributed by atoms with Crippen molar-refractivity contribution in [2.24, 2.45) is 0 Å². The van der Waals surface area contributed by atoms with Crippen molar-refractivity contribution in [3.63, 3.8) is 0 Å². The van der Waals surface area contributed by atoms with Crippen LogP contribution in [0.2, 0.25) is 5.15 Å². The highest BCUT2D eigenvalue weighted by atomic mass is 35.5. The Morgan fingerprint density at radius 1 is 1.29 bits per heavy atom. The molecule has 0 aliphatic heterocycles. The third-order valence-corrected chi connectivity index (χ3v) is 3.07. The standard InChI is InChI=1S/C10H10ClN3/c11-10-9-8(12-5-13-9)6-3-1-2-4-7(6)14-10/h5H,1-4H2,(H,12,13). The normalized spacial score (nSPS) is 15.8. The van der Waals surface area contributed by atoms with E-state index in [4.69, 9.17) is 11.6 Å². The minimum atomic E-state index is 0.530. The molecule has 2 aromatic heterocycles. The molecule has 0 fully saturated rings. The Kier molecular flexibility index (Phi) is 1.74. The van der Waals surface area contributed by atoms with E-state index in [2.05, 4.69) is 15.0 Å². The first-order chi connectivity index (χ1) is 6.86. The number of aromatic nitrogens is 3. The van der Waals surface area contributed by atoms with E-state index < -0.39 is 0 Å². The van der Waals surface area contributed by atoms with E-state index in [0.29, 0.717) is 5.15 Å². The number of hydrogen-bond donors (Lipinski definition) is 1. The molecule has 3 rings (SSSR count). The molecule has 0 unspecified atom stereocenters. The number of imidazole rings is 1. The van der Waals surface area contributed by atoms with Gasteiger partial charge in [-0.25, -0.2) is 9.97 Å². The lowest BCUT2D eigenvalue weighted by Gasteiger charge is -2.15. The van der Waals surface area contributed by atoms with Gasteiger partial charge in [-0.1, -0.05) is 11.6 Å². The second-order valence-electron chi connectivity index (χ2n) is 3.66. The topological polar surface area (TPSA) is 41.6 Å². The van der Waals surface area contributed by atoms with Gasteiger partial charge in [0.2, 0.25) is 0 Å². The van der Waals surface area contributed by atoms with Crippen LogP contribution < -0.4 is 0 Å². The van der Waals surface area contributed by atoms with Crippen molar-refractivity contribution in [3.8, 4) is 0 Å². The Bertz CT molecular complexity index is 489. The van der Waals surface area contributed by atoms with Crippen LogP contribution in [0.4, 0.5) is 0 Å². The minimum Gasteiger partial charge on any atom is -0.344 e. The molecule has 4 heteroatoms. The van der Waals surface area contributed by atoms with E-state index in [9.17, 15) is 0 Å². The number of nitrogens with zero attached hydrogens (tertiary/aromatic N) is 2. The van der Waals surface area contributed by atoms with Gasteiger partial charge >= 0.3 is 0 Å². The zero-order valence-corrected chi connectivity index (χ0v) is 8.43. The largest absolute Gasteiger partial charge is 0.344 e. The van der Waals surface area contributed by atoms with Crippen LogP contribution in [0.1, 0.15) is 24.1 Å². The number of hydrogen-bond acceptors (Lipinski definition) is 2. The monoisotopic (exact) mass is 207 g/mol. The summed E-state index contributed by atoms with van der Waals surface area (Å²) >= 11 is 6.04. The Morgan fingerprint density at radius 2 is 2.14 bits per heavy atom. The minimum absolute atomic E-state index is 0.530. The molecule has 72 valence electrons. The van der Waals surface area contributed by atoms with Gasteiger partial charge in [0, 0.05) is 5.69 Å². The summed E-state index contributed by atoms with van der Waals surface area (Å²) in [5.41, 5.74) is 4.36. The molecule has 2 heterocycles. The van der Waals surface area contributed by atoms with Crippen LogP contribution in [0, 0.1) is 0 Å². The number of pyridine rings is 1. The molecular formula is C10H10ClN3. The summed E-state index contributed by atoms with van der Waals surface area (Å²) in [6.07, 6.45) is 6.29. The van der Waals surface area contributed by atoms with Crippen molar-refractivity contribution in [1.82, 2.24) is 15.0 Å². The van der Waals surface area contributed by atoms with E-state index in [1.165, 1.54) is 18.4 Å². The fourth-order valence-corrected chi connectivity index (χ4v) is 2.38. The predicted molar refractivity (Wildman–Crippen MR) is 55.5 cm³/mol. The number of nitrogens with one attached hydrogen (secondary N) is 1.